The first kappa shape index (κ1) is 45.2. The number of nitrogens with one attached hydrogen (secondary N) is 1. The number of carbonyl (C=O) groups is 3. The van der Waals surface area contributed by atoms with Gasteiger partial charge in [0.1, 0.15) is 16.1 Å². The fourth-order valence-corrected chi connectivity index (χ4v) is 12.2. The first-order valence-corrected chi connectivity index (χ1v) is 24.6. The summed E-state index contributed by atoms with van der Waals surface area (Å²) >= 11 is 7.93. The van der Waals surface area contributed by atoms with E-state index in [2.05, 4.69) is 108 Å². The van der Waals surface area contributed by atoms with Gasteiger partial charge >= 0.3 is 11.9 Å². The highest BCUT2D eigenvalue weighted by molar-refractivity contribution is 8.00. The van der Waals surface area contributed by atoms with Crippen LogP contribution in [0.25, 0.3) is 23.3 Å². The average molecular weight is 912 g/mol. The van der Waals surface area contributed by atoms with Crippen LogP contribution in [-0.2, 0) is 20.9 Å². The molecule has 0 bridgehead atoms. The fourth-order valence-electron chi connectivity index (χ4n) is 9.56. The summed E-state index contributed by atoms with van der Waals surface area (Å²) in [5.74, 6) is -3.16. The molecule has 3 N–H and O–H groups in total. The van der Waals surface area contributed by atoms with E-state index in [-0.39, 0.29) is 21.5 Å². The van der Waals surface area contributed by atoms with Gasteiger partial charge in [-0.3, -0.25) is 19.0 Å². The van der Waals surface area contributed by atoms with Crippen molar-refractivity contribution in [3.05, 3.63) is 150 Å². The van der Waals surface area contributed by atoms with E-state index in [0.717, 1.165) is 95.5 Å². The number of aromatic nitrogens is 1. The van der Waals surface area contributed by atoms with Gasteiger partial charge in [0.25, 0.3) is 5.56 Å². The molecule has 1 aliphatic carbocycles. The quantitative estimate of drug-likeness (QED) is 0.0445. The molecule has 0 radical (unpaired) electrons. The highest BCUT2D eigenvalue weighted by Crippen LogP contribution is 2.52. The highest BCUT2D eigenvalue weighted by Gasteiger charge is 2.42. The molecule has 64 heavy (non-hydrogen) atoms. The zero-order valence-corrected chi connectivity index (χ0v) is 38.4. The summed E-state index contributed by atoms with van der Waals surface area (Å²) in [4.78, 5) is 55.6. The maximum absolute atomic E-state index is 14.7. The number of thiazole rings is 1. The van der Waals surface area contributed by atoms with Crippen LogP contribution in [0.2, 0.25) is 0 Å². The van der Waals surface area contributed by atoms with Gasteiger partial charge in [-0.1, -0.05) is 130 Å². The second-order valence-electron chi connectivity index (χ2n) is 16.8. The molecule has 2 fully saturated rings. The number of thiocarbonyl (C=S) groups is 1. The van der Waals surface area contributed by atoms with Crippen molar-refractivity contribution in [3.8, 4) is 0 Å². The molecule has 1 aromatic heterocycles. The minimum Gasteiger partial charge on any atom is -0.480 e. The lowest BCUT2D eigenvalue weighted by Gasteiger charge is -2.27. The van der Waals surface area contributed by atoms with E-state index in [9.17, 15) is 29.4 Å². The van der Waals surface area contributed by atoms with Crippen LogP contribution < -0.4 is 25.0 Å². The van der Waals surface area contributed by atoms with Crippen molar-refractivity contribution in [3.63, 3.8) is 0 Å². The van der Waals surface area contributed by atoms with Crippen LogP contribution in [0.1, 0.15) is 98.4 Å². The lowest BCUT2D eigenvalue weighted by molar-refractivity contribution is -0.137. The molecule has 1 saturated carbocycles. The molecule has 2 aliphatic heterocycles. The Hall–Kier alpha value is -5.40. The molecule has 0 spiro atoms. The number of unbranched alkanes of at least 4 members (excludes halogenated alkanes) is 4. The Morgan fingerprint density at radius 1 is 0.875 bits per heavy atom. The first-order chi connectivity index (χ1) is 31.1. The van der Waals surface area contributed by atoms with Crippen LogP contribution in [0.4, 0.5) is 11.4 Å². The van der Waals surface area contributed by atoms with Crippen molar-refractivity contribution in [2.45, 2.75) is 88.6 Å². The number of rotatable bonds is 18. The summed E-state index contributed by atoms with van der Waals surface area (Å²) in [7, 11) is 0. The molecule has 12 heteroatoms. The molecule has 4 unspecified atom stereocenters. The number of carboxylic acid groups (broad SMARTS) is 2. The van der Waals surface area contributed by atoms with Crippen molar-refractivity contribution in [2.24, 2.45) is 5.92 Å². The number of hydrogen-bond donors (Lipinski definition) is 3. The summed E-state index contributed by atoms with van der Waals surface area (Å²) in [5.41, 5.74) is 8.64. The number of hydrogen-bond acceptors (Lipinski definition) is 9. The zero-order chi connectivity index (χ0) is 44.7. The van der Waals surface area contributed by atoms with Crippen LogP contribution in [0, 0.1) is 5.92 Å². The van der Waals surface area contributed by atoms with E-state index in [0.29, 0.717) is 35.2 Å². The van der Waals surface area contributed by atoms with Crippen molar-refractivity contribution in [2.75, 3.05) is 17.2 Å². The average Bonchev–Trinajstić information content (AvgIpc) is 4.12. The van der Waals surface area contributed by atoms with Gasteiger partial charge in [0.15, 0.2) is 5.78 Å². The van der Waals surface area contributed by atoms with Gasteiger partial charge in [-0.15, -0.1) is 23.1 Å². The molecule has 3 heterocycles. The summed E-state index contributed by atoms with van der Waals surface area (Å²) in [6.45, 7) is 2.09. The number of fused-ring (bicyclic) bond motifs is 3. The smallest absolute Gasteiger partial charge is 0.343 e. The summed E-state index contributed by atoms with van der Waals surface area (Å²) < 4.78 is 1.74. The van der Waals surface area contributed by atoms with E-state index < -0.39 is 41.1 Å². The van der Waals surface area contributed by atoms with Crippen molar-refractivity contribution >= 4 is 92.6 Å². The number of nitrogens with zero attached hydrogens (tertiary/aromatic N) is 2. The second-order valence-corrected chi connectivity index (χ2v) is 19.5. The maximum atomic E-state index is 14.7. The van der Waals surface area contributed by atoms with Crippen molar-refractivity contribution in [1.82, 2.24) is 9.88 Å². The standard InChI is InChI=1S/C52H53N3O6S3/c1-2-3-4-5-12-18-39(47(58)46(48(62)52(60)61)49-53-27-28-63-49)51-54(32-45(56)57)50(59)44(64-51)31-34-23-26-43-41(30-34)38-19-13-20-42(38)55(43)37-24-21-33(22-25-37)29-40(35-14-8-6-9-15-35)36-16-10-7-11-17-36/h6-11,14-17,21-26,29-31,38,42,46,49,53H,2-5,12-13,18-20,27-28,32H2,1H3,(H,56,57)(H,60,61). The Kier molecular flexibility index (Phi) is 14.6. The van der Waals surface area contributed by atoms with E-state index in [1.54, 1.807) is 6.08 Å². The number of carboxylic acids is 2. The number of anilines is 2. The summed E-state index contributed by atoms with van der Waals surface area (Å²) in [6, 6.07) is 36.3. The highest BCUT2D eigenvalue weighted by atomic mass is 32.2. The van der Waals surface area contributed by atoms with Gasteiger partial charge in [-0.05, 0) is 95.5 Å². The lowest BCUT2D eigenvalue weighted by atomic mass is 9.91. The fraction of sp³-hybridized carbons (Fsp3) is 0.327. The largest absolute Gasteiger partial charge is 0.480 e. The maximum Gasteiger partial charge on any atom is 0.343 e. The monoisotopic (exact) mass is 911 g/mol. The molecule has 0 amide bonds. The number of thioether (sulfide) groups is 1. The SMILES string of the molecule is CCCCCCCC(C(=O)C(C(=S)C(=O)O)C1NCCS1)=c1sc(=Cc2ccc3c(c2)C2CCCC2N3c2ccc(C=C(c3ccccc3)c3ccccc3)cc2)c(=O)n1CC(=O)O. The Bertz CT molecular complexity index is 2700. The Morgan fingerprint density at radius 2 is 1.56 bits per heavy atom. The molecular weight excluding hydrogens is 859 g/mol. The van der Waals surface area contributed by atoms with Crippen LogP contribution in [0.3, 0.4) is 0 Å². The van der Waals surface area contributed by atoms with Gasteiger partial charge in [-0.25, -0.2) is 4.79 Å². The summed E-state index contributed by atoms with van der Waals surface area (Å²) in [5, 5.41) is 22.7. The van der Waals surface area contributed by atoms with Crippen LogP contribution in [0.5, 0.6) is 0 Å². The van der Waals surface area contributed by atoms with E-state index in [1.165, 1.54) is 21.9 Å². The van der Waals surface area contributed by atoms with Crippen molar-refractivity contribution in [1.29, 1.82) is 0 Å². The molecular formula is C52H53N3O6S3. The minimum atomic E-state index is -1.34. The minimum absolute atomic E-state index is 0.251. The third-order valence-electron chi connectivity index (χ3n) is 12.6. The van der Waals surface area contributed by atoms with Crippen molar-refractivity contribution < 1.29 is 24.6 Å². The Balaban J connectivity index is 1.17. The van der Waals surface area contributed by atoms with E-state index >= 15 is 0 Å². The molecule has 5 aromatic rings. The van der Waals surface area contributed by atoms with Gasteiger partial charge in [-0.2, -0.15) is 0 Å². The number of benzene rings is 4. The second kappa shape index (κ2) is 20.6. The van der Waals surface area contributed by atoms with E-state index in [1.807, 2.05) is 18.2 Å². The number of aliphatic carboxylic acids is 2. The molecule has 8 rings (SSSR count). The van der Waals surface area contributed by atoms with Crippen LogP contribution >= 0.6 is 35.3 Å². The summed E-state index contributed by atoms with van der Waals surface area (Å²) in [6.07, 6.45) is 12.0. The zero-order valence-electron chi connectivity index (χ0n) is 35.9. The Morgan fingerprint density at radius 3 is 2.20 bits per heavy atom. The first-order valence-electron chi connectivity index (χ1n) is 22.3. The van der Waals surface area contributed by atoms with Gasteiger partial charge in [0.2, 0.25) is 0 Å². The third kappa shape index (κ3) is 9.80. The lowest BCUT2D eigenvalue weighted by Crippen LogP contribution is -2.43. The van der Waals surface area contributed by atoms with Gasteiger partial charge in [0, 0.05) is 41.2 Å². The van der Waals surface area contributed by atoms with Crippen LogP contribution in [-0.4, -0.2) is 61.1 Å². The molecule has 330 valence electrons. The molecule has 9 nitrogen and oxygen atoms in total. The normalized spacial score (nSPS) is 18.9. The molecule has 4 aromatic carbocycles. The third-order valence-corrected chi connectivity index (χ3v) is 15.4. The van der Waals surface area contributed by atoms with Gasteiger partial charge in [0.05, 0.1) is 15.8 Å². The predicted octanol–water partition coefficient (Wildman–Crippen LogP) is 9.01. The Labute approximate surface area is 387 Å². The molecule has 4 atom stereocenters. The number of carbonyl (C=O) groups excluding carboxylic acids is 1. The van der Waals surface area contributed by atoms with Crippen LogP contribution in [0.15, 0.2) is 108 Å². The van der Waals surface area contributed by atoms with E-state index in [4.69, 9.17) is 12.2 Å². The van der Waals surface area contributed by atoms with Gasteiger partial charge < -0.3 is 20.4 Å². The topological polar surface area (TPSA) is 129 Å². The molecule has 1 saturated heterocycles. The number of ketones is 1. The molecule has 3 aliphatic rings. The predicted molar refractivity (Wildman–Crippen MR) is 264 cm³/mol. The number of Topliss-reactive ketones (excluding diaryl/α,β-unsaturated/α-hetero) is 1.